The van der Waals surface area contributed by atoms with Crippen molar-refractivity contribution in [2.45, 2.75) is 13.0 Å². The van der Waals surface area contributed by atoms with Crippen molar-refractivity contribution < 1.29 is 13.9 Å². The Kier molecular flexibility index (Phi) is 6.08. The van der Waals surface area contributed by atoms with E-state index in [1.54, 1.807) is 49.4 Å². The zero-order valence-corrected chi connectivity index (χ0v) is 16.5. The number of hydrogen-bond donors (Lipinski definition) is 0. The van der Waals surface area contributed by atoms with Crippen molar-refractivity contribution in [3.63, 3.8) is 0 Å². The molecule has 0 spiro atoms. The lowest BCUT2D eigenvalue weighted by atomic mass is 10.2. The van der Waals surface area contributed by atoms with Crippen LogP contribution in [0.2, 0.25) is 5.02 Å². The molecule has 0 N–H and O–H groups in total. The number of methoxy groups -OCH3 is 1. The van der Waals surface area contributed by atoms with Crippen LogP contribution in [0.5, 0.6) is 5.75 Å². The van der Waals surface area contributed by atoms with Crippen LogP contribution in [0.1, 0.15) is 11.3 Å². The van der Waals surface area contributed by atoms with E-state index in [0.717, 1.165) is 5.56 Å². The molecule has 1 heterocycles. The first-order valence-corrected chi connectivity index (χ1v) is 9.48. The molecule has 3 aromatic rings. The highest BCUT2D eigenvalue weighted by Gasteiger charge is 2.15. The van der Waals surface area contributed by atoms with Gasteiger partial charge in [0.2, 0.25) is 5.91 Å². The van der Waals surface area contributed by atoms with Gasteiger partial charge in [0, 0.05) is 35.1 Å². The zero-order valence-electron chi connectivity index (χ0n) is 14.9. The van der Waals surface area contributed by atoms with Crippen molar-refractivity contribution in [1.82, 2.24) is 9.88 Å². The van der Waals surface area contributed by atoms with Crippen LogP contribution in [-0.2, 0) is 17.8 Å². The number of amides is 1. The molecule has 1 aromatic heterocycles. The molecule has 0 aliphatic carbocycles. The molecule has 2 aromatic carbocycles. The molecule has 3 rings (SSSR count). The van der Waals surface area contributed by atoms with E-state index in [2.05, 4.69) is 4.98 Å². The Balaban J connectivity index is 1.68. The molecule has 0 fully saturated rings. The van der Waals surface area contributed by atoms with Gasteiger partial charge in [-0.05, 0) is 30.3 Å². The van der Waals surface area contributed by atoms with Gasteiger partial charge in [-0.2, -0.15) is 0 Å². The van der Waals surface area contributed by atoms with E-state index in [4.69, 9.17) is 16.3 Å². The summed E-state index contributed by atoms with van der Waals surface area (Å²) in [5.41, 5.74) is 2.20. The van der Waals surface area contributed by atoms with Crippen LogP contribution < -0.4 is 4.74 Å². The number of nitrogens with zero attached hydrogens (tertiary/aromatic N) is 2. The Morgan fingerprint density at radius 2 is 2.11 bits per heavy atom. The standard InChI is InChI=1S/C20H18ClFN2O2S/c1-24(11-14-8-15(21)6-7-18(14)26-2)19(25)10-17-12-27-20(23-17)13-4-3-5-16(22)9-13/h3-9,12H,10-11H2,1-2H3. The molecule has 4 nitrogen and oxygen atoms in total. The molecule has 0 atom stereocenters. The number of rotatable bonds is 6. The van der Waals surface area contributed by atoms with Crippen molar-refractivity contribution >= 4 is 28.8 Å². The van der Waals surface area contributed by atoms with Gasteiger partial charge in [0.05, 0.1) is 19.2 Å². The Bertz CT molecular complexity index is 961. The number of carbonyl (C=O) groups excluding carboxylic acids is 1. The number of carbonyl (C=O) groups is 1. The average molecular weight is 405 g/mol. The van der Waals surface area contributed by atoms with Gasteiger partial charge in [0.1, 0.15) is 16.6 Å². The monoisotopic (exact) mass is 404 g/mol. The average Bonchev–Trinajstić information content (AvgIpc) is 3.10. The van der Waals surface area contributed by atoms with Crippen LogP contribution in [0.4, 0.5) is 4.39 Å². The first kappa shape index (κ1) is 19.3. The van der Waals surface area contributed by atoms with Crippen LogP contribution in [0.3, 0.4) is 0 Å². The smallest absolute Gasteiger partial charge is 0.228 e. The minimum Gasteiger partial charge on any atom is -0.496 e. The first-order chi connectivity index (χ1) is 13.0. The molecule has 0 saturated carbocycles. The number of hydrogen-bond acceptors (Lipinski definition) is 4. The summed E-state index contributed by atoms with van der Waals surface area (Å²) in [5, 5.41) is 3.11. The second kappa shape index (κ2) is 8.50. The Labute approximate surface area is 166 Å². The zero-order chi connectivity index (χ0) is 19.4. The number of thiazole rings is 1. The number of aromatic nitrogens is 1. The maximum atomic E-state index is 13.4. The highest BCUT2D eigenvalue weighted by atomic mass is 35.5. The maximum Gasteiger partial charge on any atom is 0.228 e. The number of likely N-dealkylation sites (N-methyl/N-ethyl adjacent to an activating group) is 1. The molecule has 27 heavy (non-hydrogen) atoms. The van der Waals surface area contributed by atoms with Crippen molar-refractivity contribution in [2.24, 2.45) is 0 Å². The van der Waals surface area contributed by atoms with Crippen LogP contribution in [-0.4, -0.2) is 29.9 Å². The third-order valence-corrected chi connectivity index (χ3v) is 5.21. The second-order valence-corrected chi connectivity index (χ2v) is 7.33. The van der Waals surface area contributed by atoms with Gasteiger partial charge >= 0.3 is 0 Å². The molecular weight excluding hydrogens is 387 g/mol. The molecule has 0 unspecified atom stereocenters. The molecule has 0 bridgehead atoms. The van der Waals surface area contributed by atoms with Gasteiger partial charge < -0.3 is 9.64 Å². The van der Waals surface area contributed by atoms with E-state index in [0.29, 0.717) is 33.6 Å². The number of ether oxygens (including phenoxy) is 1. The number of halogens is 2. The van der Waals surface area contributed by atoms with E-state index in [1.165, 1.54) is 23.5 Å². The molecule has 140 valence electrons. The van der Waals surface area contributed by atoms with E-state index in [9.17, 15) is 9.18 Å². The van der Waals surface area contributed by atoms with Gasteiger partial charge in [-0.1, -0.05) is 23.7 Å². The molecule has 1 amide bonds. The summed E-state index contributed by atoms with van der Waals surface area (Å²) in [4.78, 5) is 18.6. The van der Waals surface area contributed by atoms with Crippen LogP contribution >= 0.6 is 22.9 Å². The van der Waals surface area contributed by atoms with Crippen LogP contribution in [0.25, 0.3) is 10.6 Å². The Morgan fingerprint density at radius 3 is 2.85 bits per heavy atom. The third kappa shape index (κ3) is 4.84. The maximum absolute atomic E-state index is 13.4. The normalized spacial score (nSPS) is 10.7. The quantitative estimate of drug-likeness (QED) is 0.592. The van der Waals surface area contributed by atoms with Crippen molar-refractivity contribution in [2.75, 3.05) is 14.2 Å². The lowest BCUT2D eigenvalue weighted by Crippen LogP contribution is -2.28. The molecule has 0 saturated heterocycles. The van der Waals surface area contributed by atoms with E-state index < -0.39 is 0 Å². The molecule has 0 aliphatic heterocycles. The largest absolute Gasteiger partial charge is 0.496 e. The fourth-order valence-corrected chi connectivity index (χ4v) is 3.66. The third-order valence-electron chi connectivity index (χ3n) is 4.03. The van der Waals surface area contributed by atoms with Gasteiger partial charge in [0.15, 0.2) is 0 Å². The summed E-state index contributed by atoms with van der Waals surface area (Å²) in [6.45, 7) is 0.378. The predicted molar refractivity (Wildman–Crippen MR) is 106 cm³/mol. The summed E-state index contributed by atoms with van der Waals surface area (Å²) < 4.78 is 18.7. The molecule has 0 aliphatic rings. The van der Waals surface area contributed by atoms with Gasteiger partial charge in [0.25, 0.3) is 0 Å². The van der Waals surface area contributed by atoms with E-state index in [-0.39, 0.29) is 18.1 Å². The minimum absolute atomic E-state index is 0.0758. The summed E-state index contributed by atoms with van der Waals surface area (Å²) in [7, 11) is 3.31. The first-order valence-electron chi connectivity index (χ1n) is 8.23. The van der Waals surface area contributed by atoms with Crippen molar-refractivity contribution in [3.05, 3.63) is 69.9 Å². The topological polar surface area (TPSA) is 42.4 Å². The Hall–Kier alpha value is -2.44. The van der Waals surface area contributed by atoms with Crippen LogP contribution in [0.15, 0.2) is 47.8 Å². The van der Waals surface area contributed by atoms with Crippen LogP contribution in [0, 0.1) is 5.82 Å². The summed E-state index contributed by atoms with van der Waals surface area (Å²) in [6.07, 6.45) is 0.172. The summed E-state index contributed by atoms with van der Waals surface area (Å²) in [5.74, 6) is 0.296. The van der Waals surface area contributed by atoms with Gasteiger partial charge in [-0.25, -0.2) is 9.37 Å². The minimum atomic E-state index is -0.310. The van der Waals surface area contributed by atoms with E-state index >= 15 is 0 Å². The summed E-state index contributed by atoms with van der Waals surface area (Å²) in [6, 6.07) is 11.6. The van der Waals surface area contributed by atoms with Gasteiger partial charge in [-0.3, -0.25) is 4.79 Å². The number of benzene rings is 2. The molecule has 0 radical (unpaired) electrons. The highest BCUT2D eigenvalue weighted by Crippen LogP contribution is 2.26. The van der Waals surface area contributed by atoms with Crippen molar-refractivity contribution in [1.29, 1.82) is 0 Å². The van der Waals surface area contributed by atoms with E-state index in [1.807, 2.05) is 5.38 Å². The highest BCUT2D eigenvalue weighted by molar-refractivity contribution is 7.13. The fourth-order valence-electron chi connectivity index (χ4n) is 2.65. The molecule has 7 heteroatoms. The lowest BCUT2D eigenvalue weighted by molar-refractivity contribution is -0.129. The lowest BCUT2D eigenvalue weighted by Gasteiger charge is -2.18. The Morgan fingerprint density at radius 1 is 1.30 bits per heavy atom. The predicted octanol–water partition coefficient (Wildman–Crippen LogP) is 4.81. The molecular formula is C20H18ClFN2O2S. The van der Waals surface area contributed by atoms with Gasteiger partial charge in [-0.15, -0.1) is 11.3 Å². The van der Waals surface area contributed by atoms with Crippen molar-refractivity contribution in [3.8, 4) is 16.3 Å². The second-order valence-electron chi connectivity index (χ2n) is 6.04. The summed E-state index contributed by atoms with van der Waals surface area (Å²) >= 11 is 7.44. The fraction of sp³-hybridized carbons (Fsp3) is 0.200. The SMILES string of the molecule is COc1ccc(Cl)cc1CN(C)C(=O)Cc1csc(-c2cccc(F)c2)n1.